The van der Waals surface area contributed by atoms with Crippen LogP contribution in [0.25, 0.3) is 0 Å². The lowest BCUT2D eigenvalue weighted by Crippen LogP contribution is -2.37. The van der Waals surface area contributed by atoms with Crippen molar-refractivity contribution in [3.05, 3.63) is 59.7 Å². The van der Waals surface area contributed by atoms with E-state index in [2.05, 4.69) is 10.6 Å². The Morgan fingerprint density at radius 1 is 1.04 bits per heavy atom. The van der Waals surface area contributed by atoms with Gasteiger partial charge in [0.2, 0.25) is 0 Å². The van der Waals surface area contributed by atoms with Crippen LogP contribution in [0.1, 0.15) is 17.2 Å². The van der Waals surface area contributed by atoms with Crippen LogP contribution >= 0.6 is 11.8 Å². The Hall–Kier alpha value is -2.52. The van der Waals surface area contributed by atoms with Crippen molar-refractivity contribution in [3.8, 4) is 0 Å². The lowest BCUT2D eigenvalue weighted by atomic mass is 10.1. The predicted octanol–water partition coefficient (Wildman–Crippen LogP) is 3.22. The van der Waals surface area contributed by atoms with Crippen molar-refractivity contribution in [2.45, 2.75) is 17.2 Å². The molecule has 9 heteroatoms. The molecule has 1 unspecified atom stereocenters. The Balaban J connectivity index is 1.86. The van der Waals surface area contributed by atoms with Crippen molar-refractivity contribution < 1.29 is 27.9 Å². The van der Waals surface area contributed by atoms with Gasteiger partial charge in [-0.1, -0.05) is 12.1 Å². The molecule has 2 amide bonds. The number of thioether (sulfide) groups is 1. The molecule has 0 heterocycles. The molecule has 0 aliphatic heterocycles. The topological polar surface area (TPSA) is 78.4 Å². The summed E-state index contributed by atoms with van der Waals surface area (Å²) in [6.45, 7) is -0.183. The minimum absolute atomic E-state index is 0.0522. The van der Waals surface area contributed by atoms with Crippen LogP contribution in [0, 0.1) is 0 Å². The average molecular weight is 398 g/mol. The van der Waals surface area contributed by atoms with E-state index >= 15 is 0 Å². The smallest absolute Gasteiger partial charge is 0.387 e. The van der Waals surface area contributed by atoms with Gasteiger partial charge >= 0.3 is 18.0 Å². The van der Waals surface area contributed by atoms with Crippen molar-refractivity contribution in [3.63, 3.8) is 0 Å². The summed E-state index contributed by atoms with van der Waals surface area (Å²) >= 11 is 1.55. The number of carbonyl (C=O) groups is 2. The number of benzene rings is 2. The second kappa shape index (κ2) is 8.92. The average Bonchev–Trinajstić information content (AvgIpc) is 2.65. The van der Waals surface area contributed by atoms with Crippen molar-refractivity contribution >= 4 is 29.3 Å². The van der Waals surface area contributed by atoms with Gasteiger partial charge in [-0.15, -0.1) is 11.8 Å². The van der Waals surface area contributed by atoms with E-state index < -0.39 is 29.7 Å². The Morgan fingerprint density at radius 2 is 1.63 bits per heavy atom. The summed E-state index contributed by atoms with van der Waals surface area (Å²) in [6, 6.07) is 10.8. The molecule has 5 nitrogen and oxygen atoms in total. The summed E-state index contributed by atoms with van der Waals surface area (Å²) in [6.07, 6.45) is -3.56. The van der Waals surface area contributed by atoms with Gasteiger partial charge in [0.05, 0.1) is 11.7 Å². The number of hydrogen-bond donors (Lipinski definition) is 3. The zero-order chi connectivity index (χ0) is 20.0. The molecule has 2 aromatic rings. The molecule has 0 aliphatic rings. The molecule has 0 aliphatic carbocycles. The molecule has 2 rings (SSSR count). The van der Waals surface area contributed by atoms with Crippen LogP contribution in [-0.2, 0) is 15.8 Å². The number of aliphatic hydroxyl groups is 1. The molecule has 0 aromatic heterocycles. The van der Waals surface area contributed by atoms with Gasteiger partial charge in [0.15, 0.2) is 0 Å². The molecule has 0 saturated carbocycles. The first-order valence-electron chi connectivity index (χ1n) is 7.79. The summed E-state index contributed by atoms with van der Waals surface area (Å²) in [7, 11) is 0. The van der Waals surface area contributed by atoms with Crippen molar-refractivity contribution in [1.29, 1.82) is 0 Å². The van der Waals surface area contributed by atoms with Gasteiger partial charge in [-0.25, -0.2) is 0 Å². The van der Waals surface area contributed by atoms with E-state index in [0.717, 1.165) is 29.2 Å². The number of nitrogens with one attached hydrogen (secondary N) is 2. The third kappa shape index (κ3) is 6.00. The first kappa shape index (κ1) is 20.8. The van der Waals surface area contributed by atoms with Gasteiger partial charge in [0, 0.05) is 17.1 Å². The first-order chi connectivity index (χ1) is 12.7. The van der Waals surface area contributed by atoms with Crippen molar-refractivity contribution in [2.75, 3.05) is 18.1 Å². The lowest BCUT2D eigenvalue weighted by Gasteiger charge is -2.13. The molecule has 1 atom stereocenters. The highest BCUT2D eigenvalue weighted by Gasteiger charge is 2.30. The van der Waals surface area contributed by atoms with E-state index in [4.69, 9.17) is 0 Å². The molecule has 144 valence electrons. The van der Waals surface area contributed by atoms with Gasteiger partial charge in [0.1, 0.15) is 0 Å². The molecular weight excluding hydrogens is 381 g/mol. The number of anilines is 1. The molecule has 0 fully saturated rings. The van der Waals surface area contributed by atoms with Crippen LogP contribution in [-0.4, -0.2) is 29.7 Å². The maximum Gasteiger partial charge on any atom is 0.416 e. The van der Waals surface area contributed by atoms with E-state index in [1.165, 1.54) is 0 Å². The number of aliphatic hydroxyl groups excluding tert-OH is 1. The standard InChI is InChI=1S/C18H17F3N2O3S/c1-27-14-8-2-11(3-9-14)15(24)10-22-16(25)17(26)23-13-6-4-12(5-7-13)18(19,20)21/h2-9,15,24H,10H2,1H3,(H,22,25)(H,23,26). The third-order valence-corrected chi connectivity index (χ3v) is 4.38. The molecule has 0 radical (unpaired) electrons. The predicted molar refractivity (Wildman–Crippen MR) is 96.3 cm³/mol. The lowest BCUT2D eigenvalue weighted by molar-refractivity contribution is -0.137. The highest BCUT2D eigenvalue weighted by molar-refractivity contribution is 7.98. The van der Waals surface area contributed by atoms with Gasteiger partial charge in [-0.2, -0.15) is 13.2 Å². The fourth-order valence-corrected chi connectivity index (χ4v) is 2.55. The van der Waals surface area contributed by atoms with Crippen molar-refractivity contribution in [2.24, 2.45) is 0 Å². The number of carbonyl (C=O) groups excluding carboxylic acids is 2. The minimum Gasteiger partial charge on any atom is -0.387 e. The van der Waals surface area contributed by atoms with Crippen LogP contribution in [0.15, 0.2) is 53.4 Å². The Morgan fingerprint density at radius 3 is 2.15 bits per heavy atom. The van der Waals surface area contributed by atoms with E-state index in [9.17, 15) is 27.9 Å². The fraction of sp³-hybridized carbons (Fsp3) is 0.222. The fourth-order valence-electron chi connectivity index (χ4n) is 2.14. The summed E-state index contributed by atoms with van der Waals surface area (Å²) in [5.74, 6) is -2.05. The number of rotatable bonds is 5. The van der Waals surface area contributed by atoms with Crippen LogP contribution in [0.5, 0.6) is 0 Å². The first-order valence-corrected chi connectivity index (χ1v) is 9.01. The zero-order valence-corrected chi connectivity index (χ0v) is 15.0. The monoisotopic (exact) mass is 398 g/mol. The number of amides is 2. The normalized spacial score (nSPS) is 12.3. The van der Waals surface area contributed by atoms with Gasteiger partial charge in [0.25, 0.3) is 0 Å². The maximum atomic E-state index is 12.5. The van der Waals surface area contributed by atoms with Crippen LogP contribution in [0.4, 0.5) is 18.9 Å². The number of alkyl halides is 3. The second-order valence-electron chi connectivity index (χ2n) is 5.53. The van der Waals surface area contributed by atoms with Gasteiger partial charge in [-0.05, 0) is 48.2 Å². The molecule has 0 spiro atoms. The van der Waals surface area contributed by atoms with E-state index in [1.807, 2.05) is 18.4 Å². The highest BCUT2D eigenvalue weighted by atomic mass is 32.2. The van der Waals surface area contributed by atoms with Crippen LogP contribution < -0.4 is 10.6 Å². The van der Waals surface area contributed by atoms with Crippen LogP contribution in [0.3, 0.4) is 0 Å². The maximum absolute atomic E-state index is 12.5. The van der Waals surface area contributed by atoms with Crippen molar-refractivity contribution in [1.82, 2.24) is 5.32 Å². The Bertz CT molecular complexity index is 793. The summed E-state index contributed by atoms with van der Waals surface area (Å²) in [4.78, 5) is 24.6. The number of halogens is 3. The van der Waals surface area contributed by atoms with E-state index in [0.29, 0.717) is 5.56 Å². The van der Waals surface area contributed by atoms with E-state index in [1.54, 1.807) is 23.9 Å². The molecule has 27 heavy (non-hydrogen) atoms. The molecule has 3 N–H and O–H groups in total. The largest absolute Gasteiger partial charge is 0.416 e. The Kier molecular flexibility index (Phi) is 6.86. The molecular formula is C18H17F3N2O3S. The molecule has 0 saturated heterocycles. The molecule has 0 bridgehead atoms. The number of hydrogen-bond acceptors (Lipinski definition) is 4. The quantitative estimate of drug-likeness (QED) is 0.534. The minimum atomic E-state index is -4.48. The third-order valence-electron chi connectivity index (χ3n) is 3.63. The summed E-state index contributed by atoms with van der Waals surface area (Å²) < 4.78 is 37.5. The summed E-state index contributed by atoms with van der Waals surface area (Å²) in [5.41, 5.74) is -0.229. The molecule has 2 aromatic carbocycles. The Labute approximate surface area is 158 Å². The van der Waals surface area contributed by atoms with Gasteiger partial charge < -0.3 is 15.7 Å². The summed E-state index contributed by atoms with van der Waals surface area (Å²) in [5, 5.41) is 14.5. The van der Waals surface area contributed by atoms with Gasteiger partial charge in [-0.3, -0.25) is 9.59 Å². The zero-order valence-electron chi connectivity index (χ0n) is 14.2. The SMILES string of the molecule is CSc1ccc(C(O)CNC(=O)C(=O)Nc2ccc(C(F)(F)F)cc2)cc1. The highest BCUT2D eigenvalue weighted by Crippen LogP contribution is 2.29. The van der Waals surface area contributed by atoms with E-state index in [-0.39, 0.29) is 12.2 Å². The second-order valence-corrected chi connectivity index (χ2v) is 6.41. The van der Waals surface area contributed by atoms with Crippen LogP contribution in [0.2, 0.25) is 0 Å².